The molecule has 5 nitrogen and oxygen atoms in total. The number of hydrogen-bond donors (Lipinski definition) is 1. The van der Waals surface area contributed by atoms with Crippen LogP contribution in [0.15, 0.2) is 103 Å². The standard InChI is InChI=1S/C46H48N4O/c1-28-20-22-47-40-35(28)12-11-13-36(40)29-24-30(26-33(25-29)46(8,9)10)37-21-23-48-43-41(37)49-42(38-27-32(45(5,6)7)16-19-39(38)51)50(43)34-17-14-31(15-18-34)44(2,3)4/h11-27,51H,1-10H3. The summed E-state index contributed by atoms with van der Waals surface area (Å²) in [6.07, 6.45) is 3.77. The number of hydrogen-bond acceptors (Lipinski definition) is 4. The highest BCUT2D eigenvalue weighted by molar-refractivity contribution is 5.98. The van der Waals surface area contributed by atoms with Gasteiger partial charge in [0.1, 0.15) is 11.3 Å². The van der Waals surface area contributed by atoms with Gasteiger partial charge in [-0.2, -0.15) is 0 Å². The van der Waals surface area contributed by atoms with Crippen molar-refractivity contribution in [3.63, 3.8) is 0 Å². The summed E-state index contributed by atoms with van der Waals surface area (Å²) >= 11 is 0. The molecular formula is C46H48N4O. The molecule has 7 rings (SSSR count). The summed E-state index contributed by atoms with van der Waals surface area (Å²) in [6, 6.07) is 31.9. The fourth-order valence-electron chi connectivity index (χ4n) is 6.84. The van der Waals surface area contributed by atoms with Crippen LogP contribution < -0.4 is 0 Å². The number of fused-ring (bicyclic) bond motifs is 2. The normalized spacial score (nSPS) is 12.6. The molecule has 4 aromatic carbocycles. The monoisotopic (exact) mass is 672 g/mol. The molecule has 0 fully saturated rings. The Kier molecular flexibility index (Phi) is 8.17. The van der Waals surface area contributed by atoms with E-state index in [1.54, 1.807) is 6.07 Å². The summed E-state index contributed by atoms with van der Waals surface area (Å²) in [5.41, 5.74) is 12.9. The average molecular weight is 673 g/mol. The van der Waals surface area contributed by atoms with E-state index in [0.717, 1.165) is 55.6 Å². The molecule has 0 aliphatic heterocycles. The SMILES string of the molecule is Cc1ccnc2c(-c3cc(-c4ccnc5c4nc(-c4cc(C(C)(C)C)ccc4O)n5-c4ccc(C(C)(C)C)cc4)cc(C(C)(C)C)c3)cccc12. The van der Waals surface area contributed by atoms with Crippen LogP contribution in [0.1, 0.15) is 84.6 Å². The van der Waals surface area contributed by atoms with Gasteiger partial charge in [-0.25, -0.2) is 9.97 Å². The van der Waals surface area contributed by atoms with Gasteiger partial charge in [0.2, 0.25) is 0 Å². The van der Waals surface area contributed by atoms with E-state index >= 15 is 0 Å². The molecule has 0 amide bonds. The third kappa shape index (κ3) is 6.31. The number of aryl methyl sites for hydroxylation is 1. The predicted octanol–water partition coefficient (Wildman–Crippen LogP) is 11.9. The molecule has 0 radical (unpaired) electrons. The van der Waals surface area contributed by atoms with Crippen LogP contribution in [-0.2, 0) is 16.2 Å². The lowest BCUT2D eigenvalue weighted by Gasteiger charge is -2.22. The lowest BCUT2D eigenvalue weighted by Crippen LogP contribution is -2.11. The minimum Gasteiger partial charge on any atom is -0.507 e. The van der Waals surface area contributed by atoms with Crippen LogP contribution in [0.25, 0.3) is 61.4 Å². The Morgan fingerprint density at radius 3 is 1.80 bits per heavy atom. The van der Waals surface area contributed by atoms with Gasteiger partial charge in [0, 0.05) is 34.6 Å². The number of benzene rings is 4. The number of pyridine rings is 2. The van der Waals surface area contributed by atoms with Gasteiger partial charge in [0.15, 0.2) is 11.5 Å². The van der Waals surface area contributed by atoms with E-state index in [4.69, 9.17) is 15.0 Å². The molecule has 0 atom stereocenters. The largest absolute Gasteiger partial charge is 0.507 e. The highest BCUT2D eigenvalue weighted by atomic mass is 16.3. The fraction of sp³-hybridized carbons (Fsp3) is 0.283. The van der Waals surface area contributed by atoms with Gasteiger partial charge in [0.05, 0.1) is 11.1 Å². The molecule has 7 aromatic rings. The number of phenols is 1. The van der Waals surface area contributed by atoms with Gasteiger partial charge in [-0.05, 0) is 99.0 Å². The third-order valence-electron chi connectivity index (χ3n) is 10.1. The van der Waals surface area contributed by atoms with Crippen LogP contribution in [-0.4, -0.2) is 24.6 Å². The van der Waals surface area contributed by atoms with Crippen LogP contribution in [0, 0.1) is 6.92 Å². The summed E-state index contributed by atoms with van der Waals surface area (Å²) in [5, 5.41) is 12.6. The summed E-state index contributed by atoms with van der Waals surface area (Å²) < 4.78 is 2.10. The molecule has 51 heavy (non-hydrogen) atoms. The number of para-hydroxylation sites is 1. The predicted molar refractivity (Wildman–Crippen MR) is 213 cm³/mol. The fourth-order valence-corrected chi connectivity index (χ4v) is 6.84. The first-order chi connectivity index (χ1) is 24.0. The Balaban J connectivity index is 1.52. The van der Waals surface area contributed by atoms with E-state index in [1.807, 2.05) is 18.5 Å². The van der Waals surface area contributed by atoms with Crippen molar-refractivity contribution in [2.24, 2.45) is 0 Å². The molecule has 3 aromatic heterocycles. The van der Waals surface area contributed by atoms with Crippen LogP contribution in [0.4, 0.5) is 0 Å². The molecule has 258 valence electrons. The molecular weight excluding hydrogens is 625 g/mol. The number of nitrogens with zero attached hydrogens (tertiary/aromatic N) is 4. The van der Waals surface area contributed by atoms with E-state index in [0.29, 0.717) is 11.4 Å². The van der Waals surface area contributed by atoms with Crippen molar-refractivity contribution in [2.45, 2.75) is 85.5 Å². The van der Waals surface area contributed by atoms with Gasteiger partial charge in [-0.15, -0.1) is 0 Å². The van der Waals surface area contributed by atoms with Gasteiger partial charge in [0.25, 0.3) is 0 Å². The second kappa shape index (κ2) is 12.2. The number of phenolic OH excluding ortho intramolecular Hbond substituents is 1. The maximum Gasteiger partial charge on any atom is 0.165 e. The number of rotatable bonds is 4. The maximum absolute atomic E-state index is 11.4. The summed E-state index contributed by atoms with van der Waals surface area (Å²) in [5.74, 6) is 0.834. The van der Waals surface area contributed by atoms with Crippen LogP contribution in [0.5, 0.6) is 5.75 Å². The molecule has 0 aliphatic rings. The lowest BCUT2D eigenvalue weighted by atomic mass is 9.83. The molecule has 0 aliphatic carbocycles. The maximum atomic E-state index is 11.4. The number of aromatic hydroxyl groups is 1. The Hall–Kier alpha value is -5.29. The van der Waals surface area contributed by atoms with Gasteiger partial charge in [-0.1, -0.05) is 111 Å². The first kappa shape index (κ1) is 34.2. The van der Waals surface area contributed by atoms with Crippen LogP contribution >= 0.6 is 0 Å². The van der Waals surface area contributed by atoms with Crippen molar-refractivity contribution in [3.05, 3.63) is 126 Å². The minimum atomic E-state index is -0.115. The molecule has 1 N–H and O–H groups in total. The van der Waals surface area contributed by atoms with Crippen LogP contribution in [0.2, 0.25) is 0 Å². The van der Waals surface area contributed by atoms with Gasteiger partial charge in [-0.3, -0.25) is 9.55 Å². The molecule has 3 heterocycles. The molecule has 5 heteroatoms. The zero-order chi connectivity index (χ0) is 36.5. The summed E-state index contributed by atoms with van der Waals surface area (Å²) in [6.45, 7) is 22.1. The quantitative estimate of drug-likeness (QED) is 0.202. The highest BCUT2D eigenvalue weighted by Gasteiger charge is 2.25. The van der Waals surface area contributed by atoms with Gasteiger partial charge >= 0.3 is 0 Å². The second-order valence-electron chi connectivity index (χ2n) is 17.0. The first-order valence-corrected chi connectivity index (χ1v) is 17.8. The van der Waals surface area contributed by atoms with E-state index in [2.05, 4.69) is 153 Å². The summed E-state index contributed by atoms with van der Waals surface area (Å²) in [7, 11) is 0. The van der Waals surface area contributed by atoms with Crippen molar-refractivity contribution in [1.82, 2.24) is 19.5 Å². The smallest absolute Gasteiger partial charge is 0.165 e. The third-order valence-corrected chi connectivity index (χ3v) is 10.1. The Bertz CT molecular complexity index is 2430. The molecule has 0 saturated heterocycles. The molecule has 0 saturated carbocycles. The summed E-state index contributed by atoms with van der Waals surface area (Å²) in [4.78, 5) is 15.2. The van der Waals surface area contributed by atoms with E-state index in [1.165, 1.54) is 16.7 Å². The molecule has 0 bridgehead atoms. The Labute approximate surface area is 302 Å². The minimum absolute atomic E-state index is 0.0111. The van der Waals surface area contributed by atoms with E-state index in [9.17, 15) is 5.11 Å². The second-order valence-corrected chi connectivity index (χ2v) is 17.0. The van der Waals surface area contributed by atoms with Crippen molar-refractivity contribution >= 4 is 22.1 Å². The Morgan fingerprint density at radius 2 is 1.16 bits per heavy atom. The van der Waals surface area contributed by atoms with Crippen molar-refractivity contribution in [3.8, 4) is 45.1 Å². The van der Waals surface area contributed by atoms with E-state index in [-0.39, 0.29) is 22.0 Å². The first-order valence-electron chi connectivity index (χ1n) is 17.8. The highest BCUT2D eigenvalue weighted by Crippen LogP contribution is 2.41. The zero-order valence-electron chi connectivity index (χ0n) is 31.6. The Morgan fingerprint density at radius 1 is 0.549 bits per heavy atom. The van der Waals surface area contributed by atoms with Crippen molar-refractivity contribution in [2.75, 3.05) is 0 Å². The molecule has 0 spiro atoms. The average Bonchev–Trinajstić information content (AvgIpc) is 3.46. The van der Waals surface area contributed by atoms with Crippen LogP contribution in [0.3, 0.4) is 0 Å². The zero-order valence-corrected chi connectivity index (χ0v) is 31.6. The van der Waals surface area contributed by atoms with E-state index < -0.39 is 0 Å². The van der Waals surface area contributed by atoms with Gasteiger partial charge < -0.3 is 5.11 Å². The van der Waals surface area contributed by atoms with Crippen molar-refractivity contribution < 1.29 is 5.11 Å². The lowest BCUT2D eigenvalue weighted by molar-refractivity contribution is 0.475. The molecule has 0 unspecified atom stereocenters. The topological polar surface area (TPSA) is 63.8 Å². The number of imidazole rings is 1. The number of aromatic nitrogens is 4. The van der Waals surface area contributed by atoms with Crippen molar-refractivity contribution in [1.29, 1.82) is 0 Å².